The van der Waals surface area contributed by atoms with E-state index in [4.69, 9.17) is 4.74 Å². The minimum Gasteiger partial charge on any atom is -0.497 e. The van der Waals surface area contributed by atoms with Gasteiger partial charge in [0.15, 0.2) is 0 Å². The number of aryl methyl sites for hydroxylation is 2. The maximum atomic E-state index is 5.20. The maximum absolute atomic E-state index is 5.20. The van der Waals surface area contributed by atoms with E-state index < -0.39 is 0 Å². The lowest BCUT2D eigenvalue weighted by atomic mass is 10.0. The molecule has 3 heteroatoms. The van der Waals surface area contributed by atoms with Gasteiger partial charge in [-0.05, 0) is 61.2 Å². The molecule has 0 aliphatic heterocycles. The minimum absolute atomic E-state index is 0.822. The highest BCUT2D eigenvalue weighted by Gasteiger charge is 2.09. The summed E-state index contributed by atoms with van der Waals surface area (Å²) in [6.07, 6.45) is 1.93. The summed E-state index contributed by atoms with van der Waals surface area (Å²) in [5.41, 5.74) is 7.47. The van der Waals surface area contributed by atoms with Crippen LogP contribution in [0.3, 0.4) is 0 Å². The number of ether oxygens (including phenoxy) is 1. The normalized spacial score (nSPS) is 11.0. The van der Waals surface area contributed by atoms with Crippen LogP contribution in [0.25, 0.3) is 11.0 Å². The van der Waals surface area contributed by atoms with Crippen molar-refractivity contribution in [1.82, 2.24) is 9.55 Å². The third-order valence-corrected chi connectivity index (χ3v) is 4.25. The molecule has 0 saturated carbocycles. The molecule has 0 atom stereocenters. The summed E-state index contributed by atoms with van der Waals surface area (Å²) < 4.78 is 7.41. The molecule has 3 rings (SSSR count). The lowest BCUT2D eigenvalue weighted by molar-refractivity contribution is 0.414. The van der Waals surface area contributed by atoms with Gasteiger partial charge in [0.2, 0.25) is 0 Å². The predicted molar refractivity (Wildman–Crippen MR) is 86.0 cm³/mol. The number of benzene rings is 2. The van der Waals surface area contributed by atoms with Crippen LogP contribution in [0.2, 0.25) is 0 Å². The summed E-state index contributed by atoms with van der Waals surface area (Å²) in [7, 11) is 1.69. The summed E-state index contributed by atoms with van der Waals surface area (Å²) in [5.74, 6) is 0.886. The molecule has 1 aromatic heterocycles. The number of hydrogen-bond donors (Lipinski definition) is 0. The van der Waals surface area contributed by atoms with Crippen molar-refractivity contribution in [3.63, 3.8) is 0 Å². The number of hydrogen-bond acceptors (Lipinski definition) is 2. The molecular formula is C18H20N2O. The van der Waals surface area contributed by atoms with Crippen LogP contribution in [-0.4, -0.2) is 16.7 Å². The van der Waals surface area contributed by atoms with Gasteiger partial charge in [-0.15, -0.1) is 0 Å². The molecular weight excluding hydrogens is 260 g/mol. The smallest absolute Gasteiger partial charge is 0.118 e. The van der Waals surface area contributed by atoms with E-state index in [2.05, 4.69) is 48.5 Å². The first-order valence-corrected chi connectivity index (χ1v) is 7.14. The molecule has 2 aromatic carbocycles. The first-order valence-electron chi connectivity index (χ1n) is 7.14. The molecule has 0 amide bonds. The zero-order valence-corrected chi connectivity index (χ0v) is 13.0. The highest BCUT2D eigenvalue weighted by Crippen LogP contribution is 2.24. The Kier molecular flexibility index (Phi) is 3.42. The van der Waals surface area contributed by atoms with Crippen molar-refractivity contribution in [2.75, 3.05) is 7.11 Å². The second-order valence-electron chi connectivity index (χ2n) is 5.53. The van der Waals surface area contributed by atoms with Crippen LogP contribution in [0.5, 0.6) is 5.75 Å². The number of aromatic nitrogens is 2. The van der Waals surface area contributed by atoms with Crippen LogP contribution in [0.15, 0.2) is 36.7 Å². The van der Waals surface area contributed by atoms with Crippen molar-refractivity contribution in [1.29, 1.82) is 0 Å². The average Bonchev–Trinajstić information content (AvgIpc) is 2.89. The lowest BCUT2D eigenvalue weighted by Crippen LogP contribution is -1.99. The molecule has 1 heterocycles. The second-order valence-corrected chi connectivity index (χ2v) is 5.53. The Morgan fingerprint density at radius 2 is 1.76 bits per heavy atom. The van der Waals surface area contributed by atoms with Gasteiger partial charge in [0, 0.05) is 6.54 Å². The summed E-state index contributed by atoms with van der Waals surface area (Å²) in [4.78, 5) is 4.59. The molecule has 108 valence electrons. The van der Waals surface area contributed by atoms with Crippen molar-refractivity contribution < 1.29 is 4.74 Å². The molecule has 0 spiro atoms. The monoisotopic (exact) mass is 280 g/mol. The van der Waals surface area contributed by atoms with Gasteiger partial charge in [0.05, 0.1) is 24.5 Å². The number of rotatable bonds is 3. The van der Waals surface area contributed by atoms with Crippen LogP contribution in [0.4, 0.5) is 0 Å². The molecule has 21 heavy (non-hydrogen) atoms. The first kappa shape index (κ1) is 13.7. The standard InChI is InChI=1S/C18H20N2O/c1-12-9-17-18(14(3)13(12)2)19-11-20(17)10-15-5-7-16(21-4)8-6-15/h5-9,11H,10H2,1-4H3. The zero-order chi connectivity index (χ0) is 15.0. The van der Waals surface area contributed by atoms with Gasteiger partial charge >= 0.3 is 0 Å². The Hall–Kier alpha value is -2.29. The van der Waals surface area contributed by atoms with E-state index >= 15 is 0 Å². The van der Waals surface area contributed by atoms with Gasteiger partial charge in [-0.2, -0.15) is 0 Å². The van der Waals surface area contributed by atoms with E-state index in [1.807, 2.05) is 18.5 Å². The topological polar surface area (TPSA) is 27.1 Å². The van der Waals surface area contributed by atoms with Crippen LogP contribution in [0.1, 0.15) is 22.3 Å². The average molecular weight is 280 g/mol. The molecule has 0 radical (unpaired) electrons. The Labute approximate surface area is 125 Å². The minimum atomic E-state index is 0.822. The van der Waals surface area contributed by atoms with E-state index in [0.29, 0.717) is 0 Å². The first-order chi connectivity index (χ1) is 10.1. The van der Waals surface area contributed by atoms with Gasteiger partial charge in [0.1, 0.15) is 5.75 Å². The fourth-order valence-corrected chi connectivity index (χ4v) is 2.67. The van der Waals surface area contributed by atoms with Crippen LogP contribution in [0, 0.1) is 20.8 Å². The predicted octanol–water partition coefficient (Wildman–Crippen LogP) is 4.02. The Bertz CT molecular complexity index is 785. The fraction of sp³-hybridized carbons (Fsp3) is 0.278. The van der Waals surface area contributed by atoms with E-state index in [-0.39, 0.29) is 0 Å². The fourth-order valence-electron chi connectivity index (χ4n) is 2.67. The molecule has 3 nitrogen and oxygen atoms in total. The lowest BCUT2D eigenvalue weighted by Gasteiger charge is -2.09. The number of fused-ring (bicyclic) bond motifs is 1. The van der Waals surface area contributed by atoms with E-state index in [0.717, 1.165) is 17.8 Å². The molecule has 3 aromatic rings. The van der Waals surface area contributed by atoms with Gasteiger partial charge in [-0.25, -0.2) is 4.98 Å². The summed E-state index contributed by atoms with van der Waals surface area (Å²) in [5, 5.41) is 0. The van der Waals surface area contributed by atoms with E-state index in [1.165, 1.54) is 27.8 Å². The quantitative estimate of drug-likeness (QED) is 0.724. The molecule has 0 fully saturated rings. The van der Waals surface area contributed by atoms with Crippen LogP contribution < -0.4 is 4.74 Å². The summed E-state index contributed by atoms with van der Waals surface area (Å²) in [6.45, 7) is 7.29. The van der Waals surface area contributed by atoms with Crippen molar-refractivity contribution in [2.24, 2.45) is 0 Å². The Morgan fingerprint density at radius 3 is 2.43 bits per heavy atom. The molecule has 0 N–H and O–H groups in total. The van der Waals surface area contributed by atoms with E-state index in [9.17, 15) is 0 Å². The molecule has 0 bridgehead atoms. The molecule has 0 unspecified atom stereocenters. The number of imidazole rings is 1. The third-order valence-electron chi connectivity index (χ3n) is 4.25. The van der Waals surface area contributed by atoms with Crippen molar-refractivity contribution in [3.8, 4) is 5.75 Å². The maximum Gasteiger partial charge on any atom is 0.118 e. The van der Waals surface area contributed by atoms with E-state index in [1.54, 1.807) is 7.11 Å². The van der Waals surface area contributed by atoms with Gasteiger partial charge in [-0.3, -0.25) is 0 Å². The summed E-state index contributed by atoms with van der Waals surface area (Å²) in [6, 6.07) is 10.4. The zero-order valence-electron chi connectivity index (χ0n) is 13.0. The number of nitrogens with zero attached hydrogens (tertiary/aromatic N) is 2. The van der Waals surface area contributed by atoms with Crippen molar-refractivity contribution >= 4 is 11.0 Å². The van der Waals surface area contributed by atoms with Crippen LogP contribution >= 0.6 is 0 Å². The Balaban J connectivity index is 2.01. The highest BCUT2D eigenvalue weighted by molar-refractivity contribution is 5.81. The molecule has 0 aliphatic rings. The second kappa shape index (κ2) is 5.24. The highest BCUT2D eigenvalue weighted by atomic mass is 16.5. The molecule has 0 saturated heterocycles. The largest absolute Gasteiger partial charge is 0.497 e. The number of methoxy groups -OCH3 is 1. The van der Waals surface area contributed by atoms with Crippen molar-refractivity contribution in [3.05, 3.63) is 58.9 Å². The summed E-state index contributed by atoms with van der Waals surface area (Å²) >= 11 is 0. The van der Waals surface area contributed by atoms with Crippen molar-refractivity contribution in [2.45, 2.75) is 27.3 Å². The Morgan fingerprint density at radius 1 is 1.05 bits per heavy atom. The van der Waals surface area contributed by atoms with Gasteiger partial charge in [-0.1, -0.05) is 12.1 Å². The SMILES string of the molecule is COc1ccc(Cn2cnc3c(C)c(C)c(C)cc32)cc1. The molecule has 0 aliphatic carbocycles. The van der Waals surface area contributed by atoms with Gasteiger partial charge < -0.3 is 9.30 Å². The van der Waals surface area contributed by atoms with Crippen LogP contribution in [-0.2, 0) is 6.54 Å². The van der Waals surface area contributed by atoms with Gasteiger partial charge in [0.25, 0.3) is 0 Å². The third kappa shape index (κ3) is 2.40.